The number of fused-ring (bicyclic) bond motifs is 1. The molecule has 0 aliphatic carbocycles. The van der Waals surface area contributed by atoms with Crippen molar-refractivity contribution in [1.29, 1.82) is 0 Å². The summed E-state index contributed by atoms with van der Waals surface area (Å²) in [5.74, 6) is 2.50. The first kappa shape index (κ1) is 18.6. The van der Waals surface area contributed by atoms with Crippen molar-refractivity contribution < 1.29 is 19.2 Å². The van der Waals surface area contributed by atoms with Crippen molar-refractivity contribution in [3.63, 3.8) is 0 Å². The lowest BCUT2D eigenvalue weighted by atomic mass is 9.82. The Labute approximate surface area is 163 Å². The van der Waals surface area contributed by atoms with Crippen LogP contribution in [0.2, 0.25) is 0 Å². The van der Waals surface area contributed by atoms with Gasteiger partial charge in [0.05, 0.1) is 12.6 Å². The number of amides is 1. The smallest absolute Gasteiger partial charge is 0.532 e. The first-order valence-corrected chi connectivity index (χ1v) is 9.33. The predicted octanol–water partition coefficient (Wildman–Crippen LogP) is 2.14. The minimum absolute atomic E-state index is 0.0611. The van der Waals surface area contributed by atoms with Crippen LogP contribution < -0.4 is 15.7 Å². The van der Waals surface area contributed by atoms with Crippen molar-refractivity contribution in [2.75, 3.05) is 18.5 Å². The van der Waals surface area contributed by atoms with Gasteiger partial charge in [0.1, 0.15) is 11.3 Å². The molecule has 2 aliphatic rings. The molecule has 9 heteroatoms. The fraction of sp³-hybridized carbons (Fsp3) is 0.368. The number of nitrogens with zero attached hydrogens (tertiary/aromatic N) is 2. The first-order valence-electron chi connectivity index (χ1n) is 9.33. The summed E-state index contributed by atoms with van der Waals surface area (Å²) >= 11 is 0. The van der Waals surface area contributed by atoms with Crippen molar-refractivity contribution >= 4 is 30.1 Å². The molecule has 1 saturated heterocycles. The van der Waals surface area contributed by atoms with Crippen molar-refractivity contribution in [2.45, 2.75) is 26.3 Å². The number of nitrogens with one attached hydrogen (secondary N) is 1. The van der Waals surface area contributed by atoms with Gasteiger partial charge in [0, 0.05) is 24.1 Å². The number of rotatable bonds is 4. The zero-order valence-electron chi connectivity index (χ0n) is 15.9. The number of ether oxygens (including phenoxy) is 1. The molecular formula is C19H23BN4O4. The quantitative estimate of drug-likeness (QED) is 0.699. The Balaban J connectivity index is 1.64. The third kappa shape index (κ3) is 3.50. The van der Waals surface area contributed by atoms with Crippen molar-refractivity contribution in [2.24, 2.45) is 11.7 Å². The molecule has 2 aromatic rings. The highest BCUT2D eigenvalue weighted by Crippen LogP contribution is 2.34. The maximum Gasteiger partial charge on any atom is 0.552 e. The van der Waals surface area contributed by atoms with E-state index in [9.17, 15) is 9.82 Å². The number of aromatic nitrogens is 2. The highest BCUT2D eigenvalue weighted by Gasteiger charge is 2.27. The number of carbonyl (C=O) groups excluding carboxylic acids is 1. The fourth-order valence-corrected chi connectivity index (χ4v) is 3.62. The third-order valence-electron chi connectivity index (χ3n) is 5.31. The molecule has 0 spiro atoms. The van der Waals surface area contributed by atoms with Gasteiger partial charge in [-0.3, -0.25) is 9.48 Å². The van der Waals surface area contributed by atoms with Crippen LogP contribution in [0.5, 0.6) is 5.75 Å². The molecule has 0 unspecified atom stereocenters. The highest BCUT2D eigenvalue weighted by atomic mass is 16.5. The second kappa shape index (κ2) is 7.33. The maximum absolute atomic E-state index is 12.0. The molecule has 4 N–H and O–H groups in total. The molecule has 0 bridgehead atoms. The van der Waals surface area contributed by atoms with Crippen LogP contribution in [0.15, 0.2) is 30.4 Å². The van der Waals surface area contributed by atoms with E-state index in [0.717, 1.165) is 29.9 Å². The molecule has 1 aromatic heterocycles. The number of allylic oxidation sites excluding steroid dienone is 1. The lowest BCUT2D eigenvalue weighted by molar-refractivity contribution is 0.0238. The fourth-order valence-electron chi connectivity index (χ4n) is 3.62. The van der Waals surface area contributed by atoms with Gasteiger partial charge in [-0.15, -0.1) is 0 Å². The minimum atomic E-state index is -0.942. The van der Waals surface area contributed by atoms with E-state index in [1.165, 1.54) is 0 Å². The summed E-state index contributed by atoms with van der Waals surface area (Å²) in [6, 6.07) is 5.53. The van der Waals surface area contributed by atoms with Crippen LogP contribution >= 0.6 is 0 Å². The van der Waals surface area contributed by atoms with Crippen LogP contribution in [-0.4, -0.2) is 41.0 Å². The van der Waals surface area contributed by atoms with E-state index in [0.29, 0.717) is 29.7 Å². The van der Waals surface area contributed by atoms with Crippen LogP contribution in [-0.2, 0) is 4.74 Å². The number of hydrogen-bond acceptors (Lipinski definition) is 6. The summed E-state index contributed by atoms with van der Waals surface area (Å²) in [5, 5.41) is 17.5. The molecule has 1 fully saturated rings. The van der Waals surface area contributed by atoms with E-state index in [1.54, 1.807) is 29.0 Å². The van der Waals surface area contributed by atoms with E-state index >= 15 is 0 Å². The van der Waals surface area contributed by atoms with Gasteiger partial charge in [0.25, 0.3) is 5.91 Å². The van der Waals surface area contributed by atoms with Crippen LogP contribution in [0, 0.1) is 5.92 Å². The Morgan fingerprint density at radius 3 is 3.04 bits per heavy atom. The normalized spacial score (nSPS) is 21.5. The monoisotopic (exact) mass is 382 g/mol. The van der Waals surface area contributed by atoms with Gasteiger partial charge in [-0.2, -0.15) is 5.10 Å². The second-order valence-electron chi connectivity index (χ2n) is 7.34. The van der Waals surface area contributed by atoms with E-state index in [2.05, 4.69) is 17.3 Å². The summed E-state index contributed by atoms with van der Waals surface area (Å²) in [5.41, 5.74) is 8.42. The number of primary amides is 1. The molecule has 2 atom stereocenters. The molecule has 4 rings (SSSR count). The van der Waals surface area contributed by atoms with Gasteiger partial charge in [-0.05, 0) is 49.0 Å². The number of anilines is 2. The van der Waals surface area contributed by atoms with Gasteiger partial charge in [-0.1, -0.05) is 6.92 Å². The number of nitrogens with two attached hydrogens (primary N) is 1. The van der Waals surface area contributed by atoms with E-state index in [-0.39, 0.29) is 6.04 Å². The van der Waals surface area contributed by atoms with Gasteiger partial charge in [-0.25, -0.2) is 0 Å². The summed E-state index contributed by atoms with van der Waals surface area (Å²) in [6.45, 7) is 5.36. The Morgan fingerprint density at radius 2 is 2.29 bits per heavy atom. The molecule has 146 valence electrons. The van der Waals surface area contributed by atoms with Crippen molar-refractivity contribution in [1.82, 2.24) is 9.78 Å². The van der Waals surface area contributed by atoms with Crippen molar-refractivity contribution in [3.8, 4) is 5.75 Å². The van der Waals surface area contributed by atoms with Crippen LogP contribution in [0.4, 0.5) is 11.5 Å². The van der Waals surface area contributed by atoms with Gasteiger partial charge >= 0.3 is 7.12 Å². The lowest BCUT2D eigenvalue weighted by Crippen LogP contribution is -2.28. The molecule has 3 heterocycles. The molecular weight excluding hydrogens is 359 g/mol. The standard InChI is InChI=1S/C19H23BN4O4/c1-11-5-6-27-10-16(11)24-9-15(18(21)25)19(23-24)22-13-3-4-17-14(7-13)12(2)8-20(26)28-17/h3-4,7-9,11,16,26H,5-6,10H2,1-2H3,(H2,21,25)(H,22,23)/t11-,16-/m0/s1. The Morgan fingerprint density at radius 1 is 1.46 bits per heavy atom. The zero-order valence-corrected chi connectivity index (χ0v) is 15.9. The largest absolute Gasteiger partial charge is 0.552 e. The van der Waals surface area contributed by atoms with E-state index in [1.807, 2.05) is 13.0 Å². The number of hydrogen-bond donors (Lipinski definition) is 3. The lowest BCUT2D eigenvalue weighted by Gasteiger charge is -2.28. The number of benzene rings is 1. The third-order valence-corrected chi connectivity index (χ3v) is 5.31. The molecule has 1 aromatic carbocycles. The SMILES string of the molecule is CC1=CB(O)Oc2ccc(Nc3nn([C@H]4COCC[C@@H]4C)cc3C(N)=O)cc21. The summed E-state index contributed by atoms with van der Waals surface area (Å²) < 4.78 is 12.8. The highest BCUT2D eigenvalue weighted by molar-refractivity contribution is 6.52. The van der Waals surface area contributed by atoms with Gasteiger partial charge < -0.3 is 25.5 Å². The second-order valence-corrected chi connectivity index (χ2v) is 7.34. The maximum atomic E-state index is 12.0. The summed E-state index contributed by atoms with van der Waals surface area (Å²) in [6.07, 6.45) is 2.63. The average molecular weight is 382 g/mol. The number of carbonyl (C=O) groups is 1. The van der Waals surface area contributed by atoms with E-state index in [4.69, 9.17) is 15.1 Å². The Hall–Kier alpha value is -2.78. The zero-order chi connectivity index (χ0) is 19.8. The van der Waals surface area contributed by atoms with Gasteiger partial charge in [0.2, 0.25) is 0 Å². The Kier molecular flexibility index (Phi) is 4.86. The average Bonchev–Trinajstić information content (AvgIpc) is 3.06. The topological polar surface area (TPSA) is 112 Å². The Bertz CT molecular complexity index is 942. The predicted molar refractivity (Wildman–Crippen MR) is 106 cm³/mol. The van der Waals surface area contributed by atoms with Crippen molar-refractivity contribution in [3.05, 3.63) is 41.5 Å². The van der Waals surface area contributed by atoms with Crippen LogP contribution in [0.25, 0.3) is 5.57 Å². The molecule has 0 radical (unpaired) electrons. The molecule has 0 saturated carbocycles. The minimum Gasteiger partial charge on any atom is -0.532 e. The molecule has 2 aliphatic heterocycles. The summed E-state index contributed by atoms with van der Waals surface area (Å²) in [7, 11) is -0.942. The van der Waals surface area contributed by atoms with Crippen LogP contribution in [0.1, 0.15) is 42.2 Å². The first-order chi connectivity index (χ1) is 13.4. The summed E-state index contributed by atoms with van der Waals surface area (Å²) in [4.78, 5) is 12.0. The van der Waals surface area contributed by atoms with Crippen LogP contribution in [0.3, 0.4) is 0 Å². The molecule has 28 heavy (non-hydrogen) atoms. The molecule has 1 amide bonds. The van der Waals surface area contributed by atoms with E-state index < -0.39 is 13.0 Å². The molecule has 8 nitrogen and oxygen atoms in total. The van der Waals surface area contributed by atoms with Gasteiger partial charge in [0.15, 0.2) is 5.82 Å².